The quantitative estimate of drug-likeness (QED) is 0.646. The van der Waals surface area contributed by atoms with Gasteiger partial charge in [-0.05, 0) is 32.4 Å². The number of carbonyl (C=O) groups excluding carboxylic acids is 4. The van der Waals surface area contributed by atoms with Gasteiger partial charge in [0.05, 0.1) is 18.4 Å². The van der Waals surface area contributed by atoms with Crippen LogP contribution in [-0.2, 0) is 31.3 Å². The molecule has 2 saturated heterocycles. The Hall–Kier alpha value is -3.52. The summed E-state index contributed by atoms with van der Waals surface area (Å²) in [5.74, 6) is -2.62. The van der Waals surface area contributed by atoms with Gasteiger partial charge in [-0.25, -0.2) is 0 Å². The molecule has 1 N–H and O–H groups in total. The average molecular weight is 475 g/mol. The van der Waals surface area contributed by atoms with Crippen LogP contribution in [0.15, 0.2) is 54.6 Å². The summed E-state index contributed by atoms with van der Waals surface area (Å²) in [5.41, 5.74) is 0.746. The summed E-state index contributed by atoms with van der Waals surface area (Å²) in [4.78, 5) is 58.9. The predicted octanol–water partition coefficient (Wildman–Crippen LogP) is 1.89. The molecule has 8 heteroatoms. The van der Waals surface area contributed by atoms with Crippen LogP contribution in [0.4, 0.5) is 5.69 Å². The molecule has 3 aliphatic heterocycles. The molecule has 2 aromatic rings. The lowest BCUT2D eigenvalue weighted by molar-refractivity contribution is -0.143. The Morgan fingerprint density at radius 2 is 1.60 bits per heavy atom. The molecule has 2 aromatic carbocycles. The van der Waals surface area contributed by atoms with Crippen molar-refractivity contribution in [1.82, 2.24) is 15.1 Å². The first-order valence-electron chi connectivity index (χ1n) is 12.2. The molecule has 2 fully saturated rings. The Morgan fingerprint density at radius 1 is 0.943 bits per heavy atom. The second kappa shape index (κ2) is 8.61. The first-order valence-corrected chi connectivity index (χ1v) is 12.2. The number of para-hydroxylation sites is 1. The van der Waals surface area contributed by atoms with Crippen LogP contribution in [-0.4, -0.2) is 59.1 Å². The van der Waals surface area contributed by atoms with Gasteiger partial charge in [-0.2, -0.15) is 0 Å². The smallest absolute Gasteiger partial charge is 0.253 e. The molecule has 3 aliphatic rings. The Balaban J connectivity index is 1.54. The van der Waals surface area contributed by atoms with Crippen molar-refractivity contribution >= 4 is 29.3 Å². The lowest BCUT2D eigenvalue weighted by atomic mass is 9.76. The second-order valence-corrected chi connectivity index (χ2v) is 9.47. The summed E-state index contributed by atoms with van der Waals surface area (Å²) in [6, 6.07) is 16.3. The van der Waals surface area contributed by atoms with Crippen molar-refractivity contribution in [3.05, 3.63) is 65.7 Å². The molecule has 4 atom stereocenters. The van der Waals surface area contributed by atoms with Crippen LogP contribution < -0.4 is 10.2 Å². The van der Waals surface area contributed by atoms with Gasteiger partial charge in [0.2, 0.25) is 17.7 Å². The molecular formula is C27H30N4O4. The van der Waals surface area contributed by atoms with Crippen molar-refractivity contribution in [1.29, 1.82) is 0 Å². The van der Waals surface area contributed by atoms with Gasteiger partial charge in [0, 0.05) is 30.4 Å². The normalized spacial score (nSPS) is 27.1. The van der Waals surface area contributed by atoms with Crippen molar-refractivity contribution in [3.63, 3.8) is 0 Å². The second-order valence-electron chi connectivity index (χ2n) is 9.47. The van der Waals surface area contributed by atoms with Gasteiger partial charge >= 0.3 is 0 Å². The van der Waals surface area contributed by atoms with E-state index in [2.05, 4.69) is 5.32 Å². The van der Waals surface area contributed by atoms with Crippen LogP contribution in [0.2, 0.25) is 0 Å². The summed E-state index contributed by atoms with van der Waals surface area (Å²) < 4.78 is 0. The number of nitrogens with one attached hydrogen (secondary N) is 1. The van der Waals surface area contributed by atoms with Gasteiger partial charge in [-0.1, -0.05) is 48.5 Å². The molecule has 1 spiro atoms. The summed E-state index contributed by atoms with van der Waals surface area (Å²) in [6.07, 6.45) is 0. The van der Waals surface area contributed by atoms with E-state index in [1.165, 1.54) is 9.80 Å². The number of likely N-dealkylation sites (N-methyl/N-ethyl adjacent to an activating group) is 1. The third-order valence-corrected chi connectivity index (χ3v) is 7.70. The van der Waals surface area contributed by atoms with Crippen molar-refractivity contribution in [3.8, 4) is 0 Å². The monoisotopic (exact) mass is 474 g/mol. The summed E-state index contributed by atoms with van der Waals surface area (Å²) in [5, 5.41) is 3.36. The van der Waals surface area contributed by atoms with Crippen molar-refractivity contribution in [2.24, 2.45) is 11.8 Å². The number of likely N-dealkylation sites (tertiary alicyclic amines) is 1. The molecule has 8 nitrogen and oxygen atoms in total. The number of hydrogen-bond acceptors (Lipinski definition) is 5. The first-order chi connectivity index (χ1) is 16.8. The maximum Gasteiger partial charge on any atom is 0.253 e. The molecule has 0 saturated carbocycles. The van der Waals surface area contributed by atoms with Crippen molar-refractivity contribution < 1.29 is 19.2 Å². The van der Waals surface area contributed by atoms with Gasteiger partial charge in [0.15, 0.2) is 0 Å². The third kappa shape index (κ3) is 3.31. The Labute approximate surface area is 204 Å². The number of fused-ring (bicyclic) bond motifs is 4. The van der Waals surface area contributed by atoms with E-state index in [1.54, 1.807) is 11.0 Å². The number of amides is 4. The Kier molecular flexibility index (Phi) is 5.71. The molecule has 182 valence electrons. The number of hydrogen-bond donors (Lipinski definition) is 1. The molecule has 0 aliphatic carbocycles. The van der Waals surface area contributed by atoms with E-state index in [1.807, 2.05) is 69.3 Å². The van der Waals surface area contributed by atoms with E-state index in [4.69, 9.17) is 0 Å². The number of anilines is 1. The molecule has 35 heavy (non-hydrogen) atoms. The highest BCUT2D eigenvalue weighted by atomic mass is 16.2. The minimum absolute atomic E-state index is 0.109. The lowest BCUT2D eigenvalue weighted by Gasteiger charge is -2.30. The van der Waals surface area contributed by atoms with E-state index in [9.17, 15) is 19.2 Å². The molecule has 0 aromatic heterocycles. The van der Waals surface area contributed by atoms with E-state index in [0.717, 1.165) is 5.56 Å². The molecule has 0 bridgehead atoms. The number of benzene rings is 2. The molecule has 3 heterocycles. The largest absolute Gasteiger partial charge is 0.342 e. The topological polar surface area (TPSA) is 90.0 Å². The van der Waals surface area contributed by atoms with E-state index >= 15 is 0 Å². The van der Waals surface area contributed by atoms with Crippen LogP contribution in [0, 0.1) is 11.8 Å². The standard InChI is InChI=1S/C27H30N4O4/c1-4-29(5-2)21(32)16-30-20-14-10-9-13-19(20)27(26(30)35)23-22(17(3)28-27)24(33)31(25(23)34)15-18-11-7-6-8-12-18/h6-14,17,22-23,28H,4-5,15-16H2,1-3H3/t17-,22+,23+,27+/m1/s1. The fourth-order valence-electron chi connectivity index (χ4n) is 6.06. The summed E-state index contributed by atoms with van der Waals surface area (Å²) >= 11 is 0. The number of rotatable bonds is 6. The lowest BCUT2D eigenvalue weighted by Crippen LogP contribution is -2.55. The van der Waals surface area contributed by atoms with Crippen LogP contribution >= 0.6 is 0 Å². The minimum atomic E-state index is -1.37. The van der Waals surface area contributed by atoms with Gasteiger partial charge < -0.3 is 9.80 Å². The molecular weight excluding hydrogens is 444 g/mol. The SMILES string of the molecule is CCN(CC)C(=O)CN1C(=O)[C@]2(N[C@H](C)[C@@H]3C(=O)N(Cc4ccccc4)C(=O)[C@H]32)c2ccccc21. The minimum Gasteiger partial charge on any atom is -0.342 e. The van der Waals surface area contributed by atoms with Crippen LogP contribution in [0.5, 0.6) is 0 Å². The third-order valence-electron chi connectivity index (χ3n) is 7.70. The predicted molar refractivity (Wildman–Crippen MR) is 130 cm³/mol. The van der Waals surface area contributed by atoms with Crippen molar-refractivity contribution in [2.75, 3.05) is 24.5 Å². The van der Waals surface area contributed by atoms with Gasteiger partial charge in [0.1, 0.15) is 12.1 Å². The van der Waals surface area contributed by atoms with Crippen LogP contribution in [0.1, 0.15) is 31.9 Å². The maximum absolute atomic E-state index is 14.1. The maximum atomic E-state index is 14.1. The molecule has 0 unspecified atom stereocenters. The number of carbonyl (C=O) groups is 4. The fourth-order valence-corrected chi connectivity index (χ4v) is 6.06. The first kappa shape index (κ1) is 23.2. The zero-order valence-corrected chi connectivity index (χ0v) is 20.2. The number of imide groups is 1. The van der Waals surface area contributed by atoms with E-state index in [0.29, 0.717) is 24.3 Å². The van der Waals surface area contributed by atoms with Crippen molar-refractivity contribution in [2.45, 2.75) is 38.9 Å². The molecule has 0 radical (unpaired) electrons. The Bertz CT molecular complexity index is 1190. The highest BCUT2D eigenvalue weighted by Crippen LogP contribution is 2.54. The average Bonchev–Trinajstić information content (AvgIpc) is 3.40. The van der Waals surface area contributed by atoms with Gasteiger partial charge in [-0.3, -0.25) is 29.4 Å². The molecule has 5 rings (SSSR count). The Morgan fingerprint density at radius 3 is 2.29 bits per heavy atom. The van der Waals surface area contributed by atoms with Gasteiger partial charge in [-0.15, -0.1) is 0 Å². The fraction of sp³-hybridized carbons (Fsp3) is 0.407. The van der Waals surface area contributed by atoms with Crippen LogP contribution in [0.25, 0.3) is 0 Å². The zero-order chi connectivity index (χ0) is 24.9. The van der Waals surface area contributed by atoms with Gasteiger partial charge in [0.25, 0.3) is 5.91 Å². The highest BCUT2D eigenvalue weighted by Gasteiger charge is 2.70. The summed E-state index contributed by atoms with van der Waals surface area (Å²) in [7, 11) is 0. The summed E-state index contributed by atoms with van der Waals surface area (Å²) in [6.45, 7) is 6.81. The van der Waals surface area contributed by atoms with E-state index in [-0.39, 0.29) is 42.8 Å². The highest BCUT2D eigenvalue weighted by molar-refractivity contribution is 6.17. The van der Waals surface area contributed by atoms with Crippen LogP contribution in [0.3, 0.4) is 0 Å². The number of nitrogens with zero attached hydrogens (tertiary/aromatic N) is 3. The van der Waals surface area contributed by atoms with E-state index < -0.39 is 17.4 Å². The zero-order valence-electron chi connectivity index (χ0n) is 20.2. The molecule has 4 amide bonds.